The number of allylic oxidation sites excluding steroid dienone is 2. The lowest BCUT2D eigenvalue weighted by Gasteiger charge is -2.06. The van der Waals surface area contributed by atoms with Gasteiger partial charge in [0.1, 0.15) is 5.69 Å². The molecule has 1 aromatic heterocycles. The van der Waals surface area contributed by atoms with Crippen molar-refractivity contribution in [2.24, 2.45) is 11.7 Å². The molecular weight excluding hydrogens is 218 g/mol. The first-order valence-corrected chi connectivity index (χ1v) is 5.60. The Kier molecular flexibility index (Phi) is 3.27. The molecule has 0 radical (unpaired) electrons. The number of aromatic amines is 1. The van der Waals surface area contributed by atoms with Gasteiger partial charge in [-0.05, 0) is 24.8 Å². The molecule has 1 heterocycles. The number of hydrogen-bond donors (Lipinski definition) is 3. The molecule has 17 heavy (non-hydrogen) atoms. The highest BCUT2D eigenvalue weighted by molar-refractivity contribution is 5.95. The quantitative estimate of drug-likeness (QED) is 0.686. The number of primary amides is 1. The highest BCUT2D eigenvalue weighted by atomic mass is 16.2. The van der Waals surface area contributed by atoms with Crippen LogP contribution >= 0.6 is 0 Å². The summed E-state index contributed by atoms with van der Waals surface area (Å²) >= 11 is 0. The largest absolute Gasteiger partial charge is 0.364 e. The van der Waals surface area contributed by atoms with Crippen molar-refractivity contribution in [1.82, 2.24) is 4.98 Å². The first-order chi connectivity index (χ1) is 8.15. The first-order valence-electron chi connectivity index (χ1n) is 5.60. The van der Waals surface area contributed by atoms with Crippen LogP contribution in [0, 0.1) is 5.92 Å². The summed E-state index contributed by atoms with van der Waals surface area (Å²) < 4.78 is 0. The van der Waals surface area contributed by atoms with Crippen molar-refractivity contribution < 1.29 is 9.59 Å². The van der Waals surface area contributed by atoms with Crippen LogP contribution in [0.2, 0.25) is 0 Å². The Labute approximate surface area is 99.1 Å². The van der Waals surface area contributed by atoms with Crippen molar-refractivity contribution in [2.75, 3.05) is 5.32 Å². The molecule has 5 nitrogen and oxygen atoms in total. The van der Waals surface area contributed by atoms with Crippen molar-refractivity contribution in [3.8, 4) is 0 Å². The van der Waals surface area contributed by atoms with Gasteiger partial charge in [-0.25, -0.2) is 0 Å². The summed E-state index contributed by atoms with van der Waals surface area (Å²) in [7, 11) is 0. The number of nitrogens with one attached hydrogen (secondary N) is 2. The Morgan fingerprint density at radius 1 is 1.53 bits per heavy atom. The molecule has 0 spiro atoms. The molecule has 0 saturated carbocycles. The number of carbonyl (C=O) groups excluding carboxylic acids is 2. The molecule has 4 N–H and O–H groups in total. The molecule has 0 saturated heterocycles. The summed E-state index contributed by atoms with van der Waals surface area (Å²) in [5.41, 5.74) is 5.97. The van der Waals surface area contributed by atoms with Crippen molar-refractivity contribution in [3.63, 3.8) is 0 Å². The van der Waals surface area contributed by atoms with Gasteiger partial charge in [0.15, 0.2) is 0 Å². The lowest BCUT2D eigenvalue weighted by molar-refractivity contribution is -0.116. The maximum atomic E-state index is 11.7. The van der Waals surface area contributed by atoms with Gasteiger partial charge in [-0.15, -0.1) is 0 Å². The highest BCUT2D eigenvalue weighted by Gasteiger charge is 2.14. The van der Waals surface area contributed by atoms with E-state index in [-0.39, 0.29) is 5.91 Å². The van der Waals surface area contributed by atoms with Crippen LogP contribution in [0.15, 0.2) is 24.4 Å². The highest BCUT2D eigenvalue weighted by Crippen LogP contribution is 2.21. The number of amides is 2. The third-order valence-corrected chi connectivity index (χ3v) is 2.79. The monoisotopic (exact) mass is 233 g/mol. The molecule has 5 heteroatoms. The minimum atomic E-state index is -0.538. The van der Waals surface area contributed by atoms with E-state index in [0.29, 0.717) is 23.7 Å². The second-order valence-electron chi connectivity index (χ2n) is 4.18. The molecule has 1 aliphatic carbocycles. The normalized spacial score (nSPS) is 18.2. The van der Waals surface area contributed by atoms with E-state index in [9.17, 15) is 9.59 Å². The Morgan fingerprint density at radius 2 is 2.35 bits per heavy atom. The van der Waals surface area contributed by atoms with Crippen LogP contribution < -0.4 is 11.1 Å². The molecule has 0 bridgehead atoms. The van der Waals surface area contributed by atoms with Crippen LogP contribution in [-0.2, 0) is 4.79 Å². The van der Waals surface area contributed by atoms with Gasteiger partial charge in [0.25, 0.3) is 5.91 Å². The summed E-state index contributed by atoms with van der Waals surface area (Å²) in [6.07, 6.45) is 8.29. The van der Waals surface area contributed by atoms with E-state index in [2.05, 4.69) is 22.5 Å². The van der Waals surface area contributed by atoms with Crippen molar-refractivity contribution in [2.45, 2.75) is 19.3 Å². The van der Waals surface area contributed by atoms with Crippen molar-refractivity contribution in [3.05, 3.63) is 30.1 Å². The SMILES string of the molecule is NC(=O)c1cc(NC(=O)CC2C=CCC2)c[nH]1. The molecule has 1 unspecified atom stereocenters. The van der Waals surface area contributed by atoms with Gasteiger partial charge in [-0.3, -0.25) is 9.59 Å². The molecular formula is C12H15N3O2. The summed E-state index contributed by atoms with van der Waals surface area (Å²) in [5.74, 6) is -0.245. The molecule has 2 rings (SSSR count). The number of nitrogens with two attached hydrogens (primary N) is 1. The molecule has 0 aliphatic heterocycles. The fraction of sp³-hybridized carbons (Fsp3) is 0.333. The number of aromatic nitrogens is 1. The van der Waals surface area contributed by atoms with Gasteiger partial charge >= 0.3 is 0 Å². The third kappa shape index (κ3) is 2.96. The Balaban J connectivity index is 1.88. The zero-order chi connectivity index (χ0) is 12.3. The van der Waals surface area contributed by atoms with Gasteiger partial charge in [0.2, 0.25) is 5.91 Å². The predicted molar refractivity (Wildman–Crippen MR) is 64.4 cm³/mol. The topological polar surface area (TPSA) is 88.0 Å². The Hall–Kier alpha value is -2.04. The van der Waals surface area contributed by atoms with Gasteiger partial charge < -0.3 is 16.0 Å². The van der Waals surface area contributed by atoms with Gasteiger partial charge in [-0.2, -0.15) is 0 Å². The number of anilines is 1. The second kappa shape index (κ2) is 4.86. The maximum Gasteiger partial charge on any atom is 0.265 e. The smallest absolute Gasteiger partial charge is 0.265 e. The van der Waals surface area contributed by atoms with E-state index in [0.717, 1.165) is 12.8 Å². The van der Waals surface area contributed by atoms with Crippen LogP contribution in [0.4, 0.5) is 5.69 Å². The first kappa shape index (κ1) is 11.4. The zero-order valence-electron chi connectivity index (χ0n) is 9.40. The van der Waals surface area contributed by atoms with Gasteiger partial charge in [0.05, 0.1) is 5.69 Å². The Morgan fingerprint density at radius 3 is 2.94 bits per heavy atom. The van der Waals surface area contributed by atoms with E-state index >= 15 is 0 Å². The van der Waals surface area contributed by atoms with E-state index < -0.39 is 5.91 Å². The molecule has 2 amide bonds. The van der Waals surface area contributed by atoms with E-state index in [1.54, 1.807) is 6.20 Å². The molecule has 1 atom stereocenters. The molecule has 1 aliphatic rings. The number of H-pyrrole nitrogens is 1. The van der Waals surface area contributed by atoms with Crippen LogP contribution in [0.3, 0.4) is 0 Å². The van der Waals surface area contributed by atoms with Crippen LogP contribution in [0.25, 0.3) is 0 Å². The van der Waals surface area contributed by atoms with Crippen molar-refractivity contribution >= 4 is 17.5 Å². The Bertz CT molecular complexity index is 462. The van der Waals surface area contributed by atoms with Crippen molar-refractivity contribution in [1.29, 1.82) is 0 Å². The lowest BCUT2D eigenvalue weighted by atomic mass is 10.1. The number of carbonyl (C=O) groups is 2. The van der Waals surface area contributed by atoms with E-state index in [1.807, 2.05) is 0 Å². The fourth-order valence-corrected chi connectivity index (χ4v) is 1.92. The standard InChI is InChI=1S/C12H15N3O2/c13-12(17)10-6-9(7-14-10)15-11(16)5-8-3-1-2-4-8/h1,3,6-8,14H,2,4-5H2,(H2,13,17)(H,15,16). The minimum absolute atomic E-state index is 0.0448. The number of hydrogen-bond acceptors (Lipinski definition) is 2. The third-order valence-electron chi connectivity index (χ3n) is 2.79. The molecule has 90 valence electrons. The van der Waals surface area contributed by atoms with Gasteiger partial charge in [-0.1, -0.05) is 12.2 Å². The van der Waals surface area contributed by atoms with Crippen LogP contribution in [-0.4, -0.2) is 16.8 Å². The van der Waals surface area contributed by atoms with Crippen LogP contribution in [0.5, 0.6) is 0 Å². The summed E-state index contributed by atoms with van der Waals surface area (Å²) in [4.78, 5) is 25.2. The summed E-state index contributed by atoms with van der Waals surface area (Å²) in [6, 6.07) is 1.53. The van der Waals surface area contributed by atoms with Gasteiger partial charge in [0, 0.05) is 12.6 Å². The predicted octanol–water partition coefficient (Wildman–Crippen LogP) is 1.41. The number of rotatable bonds is 4. The zero-order valence-corrected chi connectivity index (χ0v) is 9.40. The average Bonchev–Trinajstić information content (AvgIpc) is 2.88. The maximum absolute atomic E-state index is 11.7. The summed E-state index contributed by atoms with van der Waals surface area (Å²) in [5, 5.41) is 2.73. The minimum Gasteiger partial charge on any atom is -0.364 e. The second-order valence-corrected chi connectivity index (χ2v) is 4.18. The molecule has 1 aromatic rings. The van der Waals surface area contributed by atoms with E-state index in [1.165, 1.54) is 6.07 Å². The lowest BCUT2D eigenvalue weighted by Crippen LogP contribution is -2.14. The van der Waals surface area contributed by atoms with E-state index in [4.69, 9.17) is 5.73 Å². The fourth-order valence-electron chi connectivity index (χ4n) is 1.92. The molecule has 0 fully saturated rings. The van der Waals surface area contributed by atoms with Crippen LogP contribution in [0.1, 0.15) is 29.8 Å². The average molecular weight is 233 g/mol. The molecule has 0 aromatic carbocycles. The summed E-state index contributed by atoms with van der Waals surface area (Å²) in [6.45, 7) is 0.